The van der Waals surface area contributed by atoms with Crippen molar-refractivity contribution in [3.63, 3.8) is 0 Å². The summed E-state index contributed by atoms with van der Waals surface area (Å²) in [5.74, 6) is 0.562. The van der Waals surface area contributed by atoms with E-state index in [1.165, 1.54) is 7.11 Å². The summed E-state index contributed by atoms with van der Waals surface area (Å²) in [7, 11) is 1.54. The second kappa shape index (κ2) is 3.99. The zero-order valence-corrected chi connectivity index (χ0v) is 8.12. The Bertz CT molecular complexity index is 260. The van der Waals surface area contributed by atoms with Crippen molar-refractivity contribution < 1.29 is 4.74 Å². The smallest absolute Gasteiger partial charge is 0.143 e. The van der Waals surface area contributed by atoms with Gasteiger partial charge in [0.15, 0.2) is 0 Å². The first-order chi connectivity index (χ1) is 5.70. The van der Waals surface area contributed by atoms with Crippen LogP contribution in [0.1, 0.15) is 5.56 Å². The minimum absolute atomic E-state index is 0.322. The van der Waals surface area contributed by atoms with Crippen molar-refractivity contribution in [2.24, 2.45) is 5.73 Å². The topological polar surface area (TPSA) is 35.2 Å². The summed E-state index contributed by atoms with van der Waals surface area (Å²) in [5, 5.41) is 1.11. The van der Waals surface area contributed by atoms with Gasteiger partial charge in [-0.1, -0.05) is 23.2 Å². The van der Waals surface area contributed by atoms with E-state index in [2.05, 4.69) is 0 Å². The average molecular weight is 206 g/mol. The summed E-state index contributed by atoms with van der Waals surface area (Å²) in [6.45, 7) is 0.322. The molecule has 0 heterocycles. The van der Waals surface area contributed by atoms with Crippen LogP contribution in [0, 0.1) is 0 Å². The van der Waals surface area contributed by atoms with Crippen LogP contribution in [-0.2, 0) is 6.54 Å². The molecule has 0 amide bonds. The summed E-state index contributed by atoms with van der Waals surface area (Å²) in [6.07, 6.45) is 0. The Balaban J connectivity index is 3.28. The molecule has 0 spiro atoms. The lowest BCUT2D eigenvalue weighted by atomic mass is 10.2. The van der Waals surface area contributed by atoms with Crippen molar-refractivity contribution in [2.75, 3.05) is 7.11 Å². The first-order valence-electron chi connectivity index (χ1n) is 3.41. The molecule has 1 rings (SSSR count). The van der Waals surface area contributed by atoms with E-state index >= 15 is 0 Å². The van der Waals surface area contributed by atoms with E-state index in [-0.39, 0.29) is 0 Å². The summed E-state index contributed by atoms with van der Waals surface area (Å²) in [6, 6.07) is 3.39. The lowest BCUT2D eigenvalue weighted by Crippen LogP contribution is -2.01. The summed E-state index contributed by atoms with van der Waals surface area (Å²) >= 11 is 11.7. The van der Waals surface area contributed by atoms with E-state index in [0.29, 0.717) is 22.3 Å². The van der Waals surface area contributed by atoms with Gasteiger partial charge >= 0.3 is 0 Å². The SMILES string of the molecule is COc1c(Cl)ccc(Cl)c1CN. The van der Waals surface area contributed by atoms with Crippen molar-refractivity contribution in [1.82, 2.24) is 0 Å². The molecule has 0 saturated heterocycles. The second-order valence-electron chi connectivity index (χ2n) is 2.25. The molecule has 0 aromatic heterocycles. The highest BCUT2D eigenvalue weighted by atomic mass is 35.5. The van der Waals surface area contributed by atoms with Crippen LogP contribution in [0.25, 0.3) is 0 Å². The molecule has 0 aliphatic carbocycles. The molecule has 0 atom stereocenters. The lowest BCUT2D eigenvalue weighted by molar-refractivity contribution is 0.410. The molecule has 0 radical (unpaired) electrons. The molecule has 12 heavy (non-hydrogen) atoms. The summed E-state index contributed by atoms with van der Waals surface area (Å²) in [5.41, 5.74) is 6.22. The minimum Gasteiger partial charge on any atom is -0.495 e. The number of hydrogen-bond acceptors (Lipinski definition) is 2. The first-order valence-corrected chi connectivity index (χ1v) is 4.17. The van der Waals surface area contributed by atoms with Gasteiger partial charge in [0.1, 0.15) is 5.75 Å². The molecule has 0 aliphatic heterocycles. The third kappa shape index (κ3) is 1.66. The molecule has 66 valence electrons. The fraction of sp³-hybridized carbons (Fsp3) is 0.250. The fourth-order valence-electron chi connectivity index (χ4n) is 0.986. The van der Waals surface area contributed by atoms with Crippen LogP contribution in [0.15, 0.2) is 12.1 Å². The van der Waals surface area contributed by atoms with Crippen LogP contribution in [0.5, 0.6) is 5.75 Å². The molecule has 2 nitrogen and oxygen atoms in total. The number of benzene rings is 1. The predicted octanol–water partition coefficient (Wildman–Crippen LogP) is 2.46. The van der Waals surface area contributed by atoms with Crippen LogP contribution in [0.4, 0.5) is 0 Å². The molecule has 0 saturated carbocycles. The first kappa shape index (κ1) is 9.65. The van der Waals surface area contributed by atoms with E-state index in [0.717, 1.165) is 5.56 Å². The molecular formula is C8H9Cl2NO. The van der Waals surface area contributed by atoms with Gasteiger partial charge in [-0.15, -0.1) is 0 Å². The number of nitrogens with two attached hydrogens (primary N) is 1. The third-order valence-electron chi connectivity index (χ3n) is 1.56. The largest absolute Gasteiger partial charge is 0.495 e. The molecule has 0 bridgehead atoms. The quantitative estimate of drug-likeness (QED) is 0.806. The number of methoxy groups -OCH3 is 1. The van der Waals surface area contributed by atoms with Gasteiger partial charge in [0.05, 0.1) is 12.1 Å². The van der Waals surface area contributed by atoms with Crippen molar-refractivity contribution in [3.05, 3.63) is 27.7 Å². The van der Waals surface area contributed by atoms with Gasteiger partial charge in [0, 0.05) is 17.1 Å². The number of halogens is 2. The van der Waals surface area contributed by atoms with E-state index in [9.17, 15) is 0 Å². The Hall–Kier alpha value is -0.440. The van der Waals surface area contributed by atoms with Crippen LogP contribution in [0.2, 0.25) is 10.0 Å². The Morgan fingerprint density at radius 3 is 2.33 bits per heavy atom. The average Bonchev–Trinajstić information content (AvgIpc) is 2.08. The highest BCUT2D eigenvalue weighted by molar-refractivity contribution is 6.34. The van der Waals surface area contributed by atoms with E-state index in [1.807, 2.05) is 0 Å². The van der Waals surface area contributed by atoms with Gasteiger partial charge in [-0.05, 0) is 12.1 Å². The van der Waals surface area contributed by atoms with Crippen LogP contribution >= 0.6 is 23.2 Å². The van der Waals surface area contributed by atoms with Gasteiger partial charge in [0.2, 0.25) is 0 Å². The Morgan fingerprint density at radius 1 is 1.33 bits per heavy atom. The van der Waals surface area contributed by atoms with Gasteiger partial charge < -0.3 is 10.5 Å². The van der Waals surface area contributed by atoms with E-state index < -0.39 is 0 Å². The van der Waals surface area contributed by atoms with E-state index in [1.54, 1.807) is 12.1 Å². The van der Waals surface area contributed by atoms with Gasteiger partial charge in [-0.25, -0.2) is 0 Å². The maximum atomic E-state index is 5.86. The third-order valence-corrected chi connectivity index (χ3v) is 2.22. The fourth-order valence-corrected chi connectivity index (χ4v) is 1.47. The number of hydrogen-bond donors (Lipinski definition) is 1. The summed E-state index contributed by atoms with van der Waals surface area (Å²) in [4.78, 5) is 0. The molecule has 1 aromatic carbocycles. The Kier molecular flexibility index (Phi) is 3.20. The Labute approximate surface area is 81.2 Å². The molecule has 0 fully saturated rings. The molecule has 2 N–H and O–H groups in total. The van der Waals surface area contributed by atoms with Crippen molar-refractivity contribution in [1.29, 1.82) is 0 Å². The summed E-state index contributed by atoms with van der Waals surface area (Å²) < 4.78 is 5.05. The maximum Gasteiger partial charge on any atom is 0.143 e. The van der Waals surface area contributed by atoms with Gasteiger partial charge in [0.25, 0.3) is 0 Å². The second-order valence-corrected chi connectivity index (χ2v) is 3.06. The normalized spacial score (nSPS) is 10.0. The standard InChI is InChI=1S/C8H9Cl2NO/c1-12-8-5(4-11)6(9)2-3-7(8)10/h2-3H,4,11H2,1H3. The number of ether oxygens (including phenoxy) is 1. The maximum absolute atomic E-state index is 5.86. The van der Waals surface area contributed by atoms with Crippen molar-refractivity contribution in [3.8, 4) is 5.75 Å². The van der Waals surface area contributed by atoms with Crippen LogP contribution < -0.4 is 10.5 Å². The molecule has 4 heteroatoms. The molecule has 0 unspecified atom stereocenters. The zero-order chi connectivity index (χ0) is 9.14. The minimum atomic E-state index is 0.322. The zero-order valence-electron chi connectivity index (χ0n) is 6.60. The molecular weight excluding hydrogens is 197 g/mol. The van der Waals surface area contributed by atoms with Gasteiger partial charge in [-0.3, -0.25) is 0 Å². The van der Waals surface area contributed by atoms with E-state index in [4.69, 9.17) is 33.7 Å². The van der Waals surface area contributed by atoms with Crippen molar-refractivity contribution in [2.45, 2.75) is 6.54 Å². The predicted molar refractivity (Wildman–Crippen MR) is 50.9 cm³/mol. The molecule has 0 aliphatic rings. The van der Waals surface area contributed by atoms with Gasteiger partial charge in [-0.2, -0.15) is 0 Å². The molecule has 1 aromatic rings. The van der Waals surface area contributed by atoms with Crippen LogP contribution in [0.3, 0.4) is 0 Å². The lowest BCUT2D eigenvalue weighted by Gasteiger charge is -2.09. The monoisotopic (exact) mass is 205 g/mol. The number of rotatable bonds is 2. The Morgan fingerprint density at radius 2 is 1.92 bits per heavy atom. The highest BCUT2D eigenvalue weighted by Gasteiger charge is 2.09. The van der Waals surface area contributed by atoms with Crippen molar-refractivity contribution >= 4 is 23.2 Å². The highest BCUT2D eigenvalue weighted by Crippen LogP contribution is 2.33. The van der Waals surface area contributed by atoms with Crippen LogP contribution in [-0.4, -0.2) is 7.11 Å².